The zero-order valence-electron chi connectivity index (χ0n) is 15.9. The molecule has 0 aromatic heterocycles. The molecular formula is C22H25NO4S. The van der Waals surface area contributed by atoms with E-state index in [-0.39, 0.29) is 0 Å². The molecule has 2 aromatic carbocycles. The monoisotopic (exact) mass is 399 g/mol. The zero-order chi connectivity index (χ0) is 19.1. The van der Waals surface area contributed by atoms with Crippen LogP contribution in [0.15, 0.2) is 41.3 Å². The second-order valence-corrected chi connectivity index (χ2v) is 9.82. The molecule has 0 spiro atoms. The van der Waals surface area contributed by atoms with Crippen LogP contribution in [0.4, 0.5) is 0 Å². The van der Waals surface area contributed by atoms with Crippen LogP contribution in [0.25, 0.3) is 0 Å². The van der Waals surface area contributed by atoms with E-state index in [0.29, 0.717) is 23.9 Å². The second kappa shape index (κ2) is 7.08. The highest BCUT2D eigenvalue weighted by molar-refractivity contribution is 7.89. The maximum absolute atomic E-state index is 12.8. The Kier molecular flexibility index (Phi) is 4.56. The summed E-state index contributed by atoms with van der Waals surface area (Å²) >= 11 is 0. The Morgan fingerprint density at radius 2 is 1.75 bits per heavy atom. The molecule has 2 aromatic rings. The van der Waals surface area contributed by atoms with E-state index in [1.54, 1.807) is 28.6 Å². The first-order valence-corrected chi connectivity index (χ1v) is 11.6. The van der Waals surface area contributed by atoms with Crippen LogP contribution < -0.4 is 9.47 Å². The lowest BCUT2D eigenvalue weighted by atomic mass is 9.87. The van der Waals surface area contributed by atoms with Gasteiger partial charge in [0, 0.05) is 42.6 Å². The Hall–Kier alpha value is -2.05. The number of rotatable bonds is 4. The zero-order valence-corrected chi connectivity index (χ0v) is 16.7. The van der Waals surface area contributed by atoms with Gasteiger partial charge in [0.2, 0.25) is 10.0 Å². The van der Waals surface area contributed by atoms with Crippen molar-refractivity contribution in [1.82, 2.24) is 4.31 Å². The molecule has 0 N–H and O–H groups in total. The topological polar surface area (TPSA) is 55.8 Å². The Labute approximate surface area is 166 Å². The minimum atomic E-state index is -3.39. The van der Waals surface area contributed by atoms with Crippen LogP contribution in [-0.4, -0.2) is 39.0 Å². The van der Waals surface area contributed by atoms with Crippen LogP contribution in [0.2, 0.25) is 0 Å². The van der Waals surface area contributed by atoms with E-state index >= 15 is 0 Å². The molecule has 0 atom stereocenters. The quantitative estimate of drug-likeness (QED) is 0.792. The fourth-order valence-corrected chi connectivity index (χ4v) is 6.18. The van der Waals surface area contributed by atoms with Crippen molar-refractivity contribution in [1.29, 1.82) is 0 Å². The number of hydrogen-bond donors (Lipinski definition) is 0. The Bertz CT molecular complexity index is 947. The largest absolute Gasteiger partial charge is 0.493 e. The third kappa shape index (κ3) is 3.08. The Balaban J connectivity index is 1.32. The van der Waals surface area contributed by atoms with Gasteiger partial charge < -0.3 is 9.47 Å². The molecule has 0 amide bonds. The number of ether oxygens (including phenoxy) is 2. The maximum atomic E-state index is 12.8. The summed E-state index contributed by atoms with van der Waals surface area (Å²) in [5, 5.41) is 0. The average Bonchev–Trinajstić information content (AvgIpc) is 3.38. The van der Waals surface area contributed by atoms with E-state index in [2.05, 4.69) is 6.07 Å². The minimum Gasteiger partial charge on any atom is -0.493 e. The molecule has 6 heteroatoms. The summed E-state index contributed by atoms with van der Waals surface area (Å²) in [5.74, 6) is 2.58. The fraction of sp³-hybridized carbons (Fsp3) is 0.455. The summed E-state index contributed by atoms with van der Waals surface area (Å²) in [6, 6.07) is 10.9. The molecule has 0 radical (unpaired) electrons. The molecule has 0 saturated carbocycles. The lowest BCUT2D eigenvalue weighted by molar-refractivity contribution is 0.270. The smallest absolute Gasteiger partial charge is 0.243 e. The summed E-state index contributed by atoms with van der Waals surface area (Å²) in [4.78, 5) is 0.387. The molecule has 3 aliphatic heterocycles. The van der Waals surface area contributed by atoms with Crippen molar-refractivity contribution < 1.29 is 17.9 Å². The number of piperidine rings is 1. The minimum absolute atomic E-state index is 0.387. The van der Waals surface area contributed by atoms with Crippen molar-refractivity contribution in [3.05, 3.63) is 53.1 Å². The van der Waals surface area contributed by atoms with Crippen LogP contribution in [0.1, 0.15) is 29.5 Å². The van der Waals surface area contributed by atoms with E-state index < -0.39 is 10.0 Å². The van der Waals surface area contributed by atoms with Gasteiger partial charge in [-0.1, -0.05) is 18.2 Å². The van der Waals surface area contributed by atoms with Gasteiger partial charge >= 0.3 is 0 Å². The molecule has 1 saturated heterocycles. The predicted molar refractivity (Wildman–Crippen MR) is 106 cm³/mol. The molecule has 0 unspecified atom stereocenters. The lowest BCUT2D eigenvalue weighted by Crippen LogP contribution is -2.38. The van der Waals surface area contributed by atoms with Gasteiger partial charge in [0.25, 0.3) is 0 Å². The summed E-state index contributed by atoms with van der Waals surface area (Å²) in [6.07, 6.45) is 4.61. The molecule has 0 bridgehead atoms. The van der Waals surface area contributed by atoms with Gasteiger partial charge in [-0.25, -0.2) is 8.42 Å². The molecule has 28 heavy (non-hydrogen) atoms. The molecule has 5 nitrogen and oxygen atoms in total. The first-order valence-electron chi connectivity index (χ1n) is 10.1. The van der Waals surface area contributed by atoms with E-state index in [0.717, 1.165) is 56.8 Å². The van der Waals surface area contributed by atoms with Crippen LogP contribution >= 0.6 is 0 Å². The highest BCUT2D eigenvalue weighted by atomic mass is 32.2. The van der Waals surface area contributed by atoms with Crippen molar-refractivity contribution >= 4 is 10.0 Å². The van der Waals surface area contributed by atoms with Crippen LogP contribution in [-0.2, 0) is 29.3 Å². The molecule has 3 heterocycles. The first kappa shape index (κ1) is 18.0. The van der Waals surface area contributed by atoms with Crippen molar-refractivity contribution in [2.75, 3.05) is 26.3 Å². The van der Waals surface area contributed by atoms with Gasteiger partial charge in [-0.2, -0.15) is 4.31 Å². The maximum Gasteiger partial charge on any atom is 0.243 e. The lowest BCUT2D eigenvalue weighted by Gasteiger charge is -2.31. The molecule has 148 valence electrons. The number of sulfonamides is 1. The summed E-state index contributed by atoms with van der Waals surface area (Å²) in [5.41, 5.74) is 3.88. The Morgan fingerprint density at radius 3 is 2.54 bits per heavy atom. The third-order valence-corrected chi connectivity index (χ3v) is 8.12. The van der Waals surface area contributed by atoms with E-state index in [9.17, 15) is 8.42 Å². The molecule has 0 aliphatic carbocycles. The van der Waals surface area contributed by atoms with E-state index in [4.69, 9.17) is 9.47 Å². The van der Waals surface area contributed by atoms with Crippen LogP contribution in [0.3, 0.4) is 0 Å². The molecule has 5 rings (SSSR count). The van der Waals surface area contributed by atoms with E-state index in [1.807, 2.05) is 6.07 Å². The fourth-order valence-electron chi connectivity index (χ4n) is 4.68. The normalized spacial score (nSPS) is 19.7. The van der Waals surface area contributed by atoms with Gasteiger partial charge in [-0.3, -0.25) is 0 Å². The average molecular weight is 400 g/mol. The second-order valence-electron chi connectivity index (χ2n) is 7.88. The number of fused-ring (bicyclic) bond motifs is 2. The summed E-state index contributed by atoms with van der Waals surface area (Å²) < 4.78 is 39.1. The van der Waals surface area contributed by atoms with Gasteiger partial charge in [0.1, 0.15) is 11.5 Å². The first-order chi connectivity index (χ1) is 13.6. The number of hydrogen-bond acceptors (Lipinski definition) is 4. The predicted octanol–water partition coefficient (Wildman–Crippen LogP) is 3.20. The standard InChI is InChI=1S/C22H25NO4S/c24-28(25,18-4-2-1-3-5-18)23-10-6-16(7-11-23)14-20-19-9-13-26-21(19)15-17-8-12-27-22(17)20/h1-5,15-16H,6-14H2. The highest BCUT2D eigenvalue weighted by Gasteiger charge is 2.32. The SMILES string of the molecule is O=S(=O)(c1ccccc1)N1CCC(Cc2c3c(cc4c2OCC4)OCC3)CC1. The highest BCUT2D eigenvalue weighted by Crippen LogP contribution is 2.42. The molecular weight excluding hydrogens is 374 g/mol. The van der Waals surface area contributed by atoms with Crippen LogP contribution in [0, 0.1) is 5.92 Å². The Morgan fingerprint density at radius 1 is 1.00 bits per heavy atom. The van der Waals surface area contributed by atoms with Crippen molar-refractivity contribution in [3.63, 3.8) is 0 Å². The number of benzene rings is 2. The van der Waals surface area contributed by atoms with Gasteiger partial charge in [0.05, 0.1) is 18.1 Å². The van der Waals surface area contributed by atoms with Crippen molar-refractivity contribution in [3.8, 4) is 11.5 Å². The summed E-state index contributed by atoms with van der Waals surface area (Å²) in [6.45, 7) is 2.66. The van der Waals surface area contributed by atoms with E-state index in [1.165, 1.54) is 16.7 Å². The van der Waals surface area contributed by atoms with Crippen molar-refractivity contribution in [2.45, 2.75) is 37.0 Å². The molecule has 1 fully saturated rings. The van der Waals surface area contributed by atoms with Gasteiger partial charge in [0.15, 0.2) is 0 Å². The van der Waals surface area contributed by atoms with Gasteiger partial charge in [-0.05, 0) is 43.4 Å². The summed E-state index contributed by atoms with van der Waals surface area (Å²) in [7, 11) is -3.39. The number of nitrogens with zero attached hydrogens (tertiary/aromatic N) is 1. The van der Waals surface area contributed by atoms with Crippen molar-refractivity contribution in [2.24, 2.45) is 5.92 Å². The van der Waals surface area contributed by atoms with Gasteiger partial charge in [-0.15, -0.1) is 0 Å². The third-order valence-electron chi connectivity index (χ3n) is 6.21. The molecule has 3 aliphatic rings. The van der Waals surface area contributed by atoms with Crippen LogP contribution in [0.5, 0.6) is 11.5 Å².